The Labute approximate surface area is 121 Å². The van der Waals surface area contributed by atoms with E-state index in [-0.39, 0.29) is 6.04 Å². The minimum Gasteiger partial charge on any atom is -0.383 e. The Balaban J connectivity index is 3.03. The van der Waals surface area contributed by atoms with Gasteiger partial charge in [-0.1, -0.05) is 13.0 Å². The molecular weight excluding hydrogens is 276 g/mol. The van der Waals surface area contributed by atoms with Gasteiger partial charge in [0.05, 0.1) is 11.5 Å². The van der Waals surface area contributed by atoms with Crippen LogP contribution < -0.4 is 10.0 Å². The lowest BCUT2D eigenvalue weighted by atomic mass is 10.1. The predicted molar refractivity (Wildman–Crippen MR) is 80.2 cm³/mol. The maximum absolute atomic E-state index is 12.3. The van der Waals surface area contributed by atoms with Crippen LogP contribution in [-0.2, 0) is 27.7 Å². The highest BCUT2D eigenvalue weighted by molar-refractivity contribution is 7.89. The lowest BCUT2D eigenvalue weighted by Gasteiger charge is -2.15. The van der Waals surface area contributed by atoms with Crippen LogP contribution >= 0.6 is 0 Å². The van der Waals surface area contributed by atoms with Crippen LogP contribution in [0.2, 0.25) is 0 Å². The summed E-state index contributed by atoms with van der Waals surface area (Å²) >= 11 is 0. The maximum atomic E-state index is 12.3. The van der Waals surface area contributed by atoms with Crippen molar-refractivity contribution in [1.82, 2.24) is 10.0 Å². The molecule has 1 unspecified atom stereocenters. The Hall–Kier alpha value is -0.950. The largest absolute Gasteiger partial charge is 0.383 e. The molecule has 1 aromatic carbocycles. The monoisotopic (exact) mass is 300 g/mol. The van der Waals surface area contributed by atoms with Gasteiger partial charge in [0, 0.05) is 19.7 Å². The first-order valence-electron chi connectivity index (χ1n) is 6.72. The van der Waals surface area contributed by atoms with E-state index in [4.69, 9.17) is 4.74 Å². The first-order chi connectivity index (χ1) is 9.44. The number of aryl methyl sites for hydroxylation is 1. The Kier molecular flexibility index (Phi) is 6.61. The molecule has 114 valence electrons. The summed E-state index contributed by atoms with van der Waals surface area (Å²) in [6.07, 6.45) is 0.880. The number of rotatable bonds is 8. The second-order valence-corrected chi connectivity index (χ2v) is 6.51. The van der Waals surface area contributed by atoms with Crippen LogP contribution in [0.25, 0.3) is 0 Å². The summed E-state index contributed by atoms with van der Waals surface area (Å²) in [6, 6.07) is 5.00. The molecule has 2 N–H and O–H groups in total. The number of benzene rings is 1. The molecule has 0 heterocycles. The fourth-order valence-corrected chi connectivity index (χ4v) is 3.36. The number of methoxy groups -OCH3 is 1. The fourth-order valence-electron chi connectivity index (χ4n) is 2.09. The molecule has 1 atom stereocenters. The van der Waals surface area contributed by atoms with Gasteiger partial charge in [-0.25, -0.2) is 13.1 Å². The van der Waals surface area contributed by atoms with E-state index in [0.717, 1.165) is 17.5 Å². The molecule has 0 aliphatic heterocycles. The molecule has 6 heteroatoms. The third-order valence-electron chi connectivity index (χ3n) is 3.01. The van der Waals surface area contributed by atoms with Crippen LogP contribution in [0, 0.1) is 0 Å². The number of nitrogens with one attached hydrogen (secondary N) is 2. The molecule has 0 aliphatic rings. The molecule has 20 heavy (non-hydrogen) atoms. The van der Waals surface area contributed by atoms with Gasteiger partial charge in [0.2, 0.25) is 10.0 Å². The highest BCUT2D eigenvalue weighted by atomic mass is 32.2. The zero-order valence-corrected chi connectivity index (χ0v) is 13.4. The molecule has 0 radical (unpaired) electrons. The Morgan fingerprint density at radius 3 is 2.55 bits per heavy atom. The quantitative estimate of drug-likeness (QED) is 0.759. The fraction of sp³-hybridized carbons (Fsp3) is 0.571. The number of sulfonamides is 1. The van der Waals surface area contributed by atoms with E-state index in [1.54, 1.807) is 26.2 Å². The molecule has 0 spiro atoms. The zero-order valence-electron chi connectivity index (χ0n) is 12.6. The second kappa shape index (κ2) is 7.73. The van der Waals surface area contributed by atoms with Gasteiger partial charge < -0.3 is 10.1 Å². The molecular formula is C14H24N2O3S. The first kappa shape index (κ1) is 17.1. The van der Waals surface area contributed by atoms with Gasteiger partial charge in [0.15, 0.2) is 0 Å². The van der Waals surface area contributed by atoms with E-state index in [2.05, 4.69) is 17.0 Å². The minimum atomic E-state index is -3.51. The molecule has 1 rings (SSSR count). The number of hydrogen-bond donors (Lipinski definition) is 2. The van der Waals surface area contributed by atoms with Crippen molar-refractivity contribution in [1.29, 1.82) is 0 Å². The summed E-state index contributed by atoms with van der Waals surface area (Å²) in [4.78, 5) is 0.294. The van der Waals surface area contributed by atoms with Crippen LogP contribution in [0.15, 0.2) is 23.1 Å². The normalized spacial score (nSPS) is 13.4. The predicted octanol–water partition coefficient (Wildman–Crippen LogP) is 1.28. The zero-order chi connectivity index (χ0) is 15.2. The highest BCUT2D eigenvalue weighted by Gasteiger charge is 2.18. The standard InChI is InChI=1S/C14H24N2O3S/c1-5-12-6-7-14(8-13(12)9-15-3)20(17,18)16-11(2)10-19-4/h6-8,11,15-16H,5,9-10H2,1-4H3. The van der Waals surface area contributed by atoms with E-state index >= 15 is 0 Å². The molecule has 0 amide bonds. The minimum absolute atomic E-state index is 0.261. The van der Waals surface area contributed by atoms with E-state index in [9.17, 15) is 8.42 Å². The molecule has 0 saturated carbocycles. The molecule has 0 aliphatic carbocycles. The van der Waals surface area contributed by atoms with E-state index < -0.39 is 10.0 Å². The van der Waals surface area contributed by atoms with Crippen LogP contribution in [0.3, 0.4) is 0 Å². The summed E-state index contributed by atoms with van der Waals surface area (Å²) in [6.45, 7) is 4.83. The van der Waals surface area contributed by atoms with Crippen molar-refractivity contribution in [2.75, 3.05) is 20.8 Å². The molecule has 1 aromatic rings. The SMILES string of the molecule is CCc1ccc(S(=O)(=O)NC(C)COC)cc1CNC. The van der Waals surface area contributed by atoms with Crippen molar-refractivity contribution in [3.8, 4) is 0 Å². The van der Waals surface area contributed by atoms with E-state index in [1.807, 2.05) is 13.1 Å². The van der Waals surface area contributed by atoms with Crippen molar-refractivity contribution in [2.24, 2.45) is 0 Å². The van der Waals surface area contributed by atoms with Crippen molar-refractivity contribution in [3.05, 3.63) is 29.3 Å². The van der Waals surface area contributed by atoms with Crippen molar-refractivity contribution in [3.63, 3.8) is 0 Å². The molecule has 0 saturated heterocycles. The lowest BCUT2D eigenvalue weighted by molar-refractivity contribution is 0.180. The van der Waals surface area contributed by atoms with Crippen molar-refractivity contribution >= 4 is 10.0 Å². The average molecular weight is 300 g/mol. The molecule has 0 aromatic heterocycles. The van der Waals surface area contributed by atoms with Gasteiger partial charge in [-0.2, -0.15) is 0 Å². The van der Waals surface area contributed by atoms with Gasteiger partial charge in [0.25, 0.3) is 0 Å². The summed E-state index contributed by atoms with van der Waals surface area (Å²) < 4.78 is 32.1. The van der Waals surface area contributed by atoms with Gasteiger partial charge in [-0.15, -0.1) is 0 Å². The van der Waals surface area contributed by atoms with E-state index in [1.165, 1.54) is 0 Å². The number of ether oxygens (including phenoxy) is 1. The summed E-state index contributed by atoms with van der Waals surface area (Å²) in [5, 5.41) is 3.06. The number of hydrogen-bond acceptors (Lipinski definition) is 4. The summed E-state index contributed by atoms with van der Waals surface area (Å²) in [5.41, 5.74) is 2.17. The maximum Gasteiger partial charge on any atom is 0.240 e. The van der Waals surface area contributed by atoms with Crippen LogP contribution in [0.5, 0.6) is 0 Å². The third kappa shape index (κ3) is 4.56. The van der Waals surface area contributed by atoms with Gasteiger partial charge in [0.1, 0.15) is 0 Å². The van der Waals surface area contributed by atoms with Gasteiger partial charge in [-0.3, -0.25) is 0 Å². The topological polar surface area (TPSA) is 67.4 Å². The first-order valence-corrected chi connectivity index (χ1v) is 8.20. The summed E-state index contributed by atoms with van der Waals surface area (Å²) in [5.74, 6) is 0. The average Bonchev–Trinajstić information content (AvgIpc) is 2.38. The molecule has 5 nitrogen and oxygen atoms in total. The third-order valence-corrected chi connectivity index (χ3v) is 4.60. The Morgan fingerprint density at radius 1 is 1.30 bits per heavy atom. The van der Waals surface area contributed by atoms with Crippen molar-refractivity contribution in [2.45, 2.75) is 37.8 Å². The van der Waals surface area contributed by atoms with Crippen LogP contribution in [-0.4, -0.2) is 35.2 Å². The summed E-state index contributed by atoms with van der Waals surface area (Å²) in [7, 11) is -0.111. The second-order valence-electron chi connectivity index (χ2n) is 4.79. The Morgan fingerprint density at radius 2 is 2.00 bits per heavy atom. The van der Waals surface area contributed by atoms with Gasteiger partial charge >= 0.3 is 0 Å². The molecule has 0 fully saturated rings. The Bertz CT molecular complexity index is 529. The van der Waals surface area contributed by atoms with E-state index in [0.29, 0.717) is 18.0 Å². The highest BCUT2D eigenvalue weighted by Crippen LogP contribution is 2.17. The van der Waals surface area contributed by atoms with Crippen LogP contribution in [0.1, 0.15) is 25.0 Å². The molecule has 0 bridgehead atoms. The van der Waals surface area contributed by atoms with Crippen LogP contribution in [0.4, 0.5) is 0 Å². The van der Waals surface area contributed by atoms with Gasteiger partial charge in [-0.05, 0) is 43.7 Å². The smallest absolute Gasteiger partial charge is 0.240 e. The van der Waals surface area contributed by atoms with Crippen molar-refractivity contribution < 1.29 is 13.2 Å². The lowest BCUT2D eigenvalue weighted by Crippen LogP contribution is -2.35.